The summed E-state index contributed by atoms with van der Waals surface area (Å²) in [7, 11) is -2.71. The summed E-state index contributed by atoms with van der Waals surface area (Å²) >= 11 is 0. The molecule has 4 rings (SSSR count). The topological polar surface area (TPSA) is 46.8 Å². The van der Waals surface area contributed by atoms with Crippen LogP contribution in [0.1, 0.15) is 29.0 Å². The van der Waals surface area contributed by atoms with Gasteiger partial charge in [-0.05, 0) is 48.4 Å². The number of Topliss-reactive ketones (excluding diaryl/α,β-unsaturated/α-hetero) is 1. The third-order valence-corrected chi connectivity index (χ3v) is 4.92. The van der Waals surface area contributed by atoms with Crippen LogP contribution in [0.5, 0.6) is 11.5 Å². The van der Waals surface area contributed by atoms with Crippen LogP contribution >= 0.6 is 0 Å². The van der Waals surface area contributed by atoms with Gasteiger partial charge in [-0.3, -0.25) is 4.79 Å². The zero-order chi connectivity index (χ0) is 23.3. The molecule has 0 spiro atoms. The Bertz CT molecular complexity index is 1070. The number of ether oxygens (including phenoxy) is 2. The Hall–Kier alpha value is -3.36. The van der Waals surface area contributed by atoms with Gasteiger partial charge in [0, 0.05) is 12.0 Å². The lowest BCUT2D eigenvalue weighted by Crippen LogP contribution is -2.12. The van der Waals surface area contributed by atoms with Crippen molar-refractivity contribution in [2.75, 3.05) is 14.2 Å². The fourth-order valence-electron chi connectivity index (χ4n) is 3.48. The third kappa shape index (κ3) is 5.87. The van der Waals surface area contributed by atoms with E-state index in [1.165, 1.54) is 0 Å². The van der Waals surface area contributed by atoms with Crippen LogP contribution in [-0.2, 0) is 6.42 Å². The van der Waals surface area contributed by atoms with E-state index >= 15 is 0 Å². The van der Waals surface area contributed by atoms with Gasteiger partial charge in [0.05, 0.1) is 32.3 Å². The van der Waals surface area contributed by atoms with Gasteiger partial charge in [-0.15, -0.1) is 0 Å². The van der Waals surface area contributed by atoms with Crippen molar-refractivity contribution in [3.8, 4) is 33.9 Å². The number of carbonyl (C=O) groups is 1. The monoisotopic (exact) mass is 448 g/mol. The van der Waals surface area contributed by atoms with E-state index in [-0.39, 0.29) is 5.78 Å². The Kier molecular flexibility index (Phi) is 7.17. The molecule has 0 N–H and O–H groups in total. The van der Waals surface area contributed by atoms with E-state index in [4.69, 9.17) is 13.9 Å². The van der Waals surface area contributed by atoms with E-state index in [0.29, 0.717) is 12.0 Å². The average Bonchev–Trinajstić information content (AvgIpc) is 2.77. The summed E-state index contributed by atoms with van der Waals surface area (Å²) in [4.78, 5) is 12.6. The number of ketones is 1. The van der Waals surface area contributed by atoms with Gasteiger partial charge in [-0.2, -0.15) is 0 Å². The van der Waals surface area contributed by atoms with Crippen LogP contribution in [0.3, 0.4) is 0 Å². The Balaban J connectivity index is 0.000000523. The van der Waals surface area contributed by atoms with E-state index in [2.05, 4.69) is 0 Å². The fraction of sp³-hybridized carbons (Fsp3) is 0.217. The summed E-state index contributed by atoms with van der Waals surface area (Å²) in [5.41, 5.74) is 3.55. The minimum atomic E-state index is -6.00. The number of aryl methyl sites for hydroxylation is 1. The van der Waals surface area contributed by atoms with Gasteiger partial charge in [0.1, 0.15) is 17.1 Å². The number of carbonyl (C=O) groups excluding carboxylic acids is 1. The maximum absolute atomic E-state index is 12.6. The standard InChI is InChI=1S/C23H21O4.BF4/c1-25-17-10-6-15(7-11-17)19-14-22(16-8-12-18(26-2)13-9-16)27-21-5-3-4-20(24)23(19)21;2-1(3,4)5/h6-14H,3-5H2,1-2H3;/q+1;-1. The number of methoxy groups -OCH3 is 2. The molecule has 0 unspecified atom stereocenters. The Morgan fingerprint density at radius 1 is 0.812 bits per heavy atom. The molecule has 32 heavy (non-hydrogen) atoms. The van der Waals surface area contributed by atoms with Gasteiger partial charge in [0.25, 0.3) is 0 Å². The SMILES string of the molecule is COc1ccc(-c2cc(-c3ccc(OC)cc3)c3c([o+]2)CCCC3=O)cc1.F[B-](F)(F)F. The van der Waals surface area contributed by atoms with Crippen molar-refractivity contribution in [2.45, 2.75) is 19.3 Å². The van der Waals surface area contributed by atoms with Crippen LogP contribution in [0.4, 0.5) is 17.3 Å². The predicted molar refractivity (Wildman–Crippen MR) is 115 cm³/mol. The number of halogens is 4. The fourth-order valence-corrected chi connectivity index (χ4v) is 3.48. The van der Waals surface area contributed by atoms with Crippen molar-refractivity contribution in [3.05, 3.63) is 65.9 Å². The first kappa shape index (κ1) is 23.3. The Labute approximate surface area is 182 Å². The first-order chi connectivity index (χ1) is 15.2. The van der Waals surface area contributed by atoms with Crippen molar-refractivity contribution in [2.24, 2.45) is 0 Å². The predicted octanol–water partition coefficient (Wildman–Crippen LogP) is 6.73. The van der Waals surface area contributed by atoms with Crippen molar-refractivity contribution in [3.63, 3.8) is 0 Å². The second kappa shape index (κ2) is 9.85. The number of fused-ring (bicyclic) bond motifs is 1. The highest BCUT2D eigenvalue weighted by Crippen LogP contribution is 2.37. The molecular formula is C23H21BF4O4. The molecule has 0 amide bonds. The van der Waals surface area contributed by atoms with Gasteiger partial charge >= 0.3 is 18.8 Å². The Morgan fingerprint density at radius 3 is 1.81 bits per heavy atom. The van der Waals surface area contributed by atoms with Crippen molar-refractivity contribution < 1.29 is 35.9 Å². The molecular weight excluding hydrogens is 427 g/mol. The van der Waals surface area contributed by atoms with E-state index in [1.807, 2.05) is 54.6 Å². The summed E-state index contributed by atoms with van der Waals surface area (Å²) in [5, 5.41) is 0. The minimum absolute atomic E-state index is 0.145. The molecule has 1 aromatic heterocycles. The minimum Gasteiger partial charge on any atom is -0.497 e. The maximum atomic E-state index is 12.6. The van der Waals surface area contributed by atoms with Gasteiger partial charge in [-0.1, -0.05) is 12.1 Å². The summed E-state index contributed by atoms with van der Waals surface area (Å²) < 4.78 is 55.6. The molecule has 1 aliphatic carbocycles. The van der Waals surface area contributed by atoms with Gasteiger partial charge in [0.15, 0.2) is 5.78 Å². The summed E-state index contributed by atoms with van der Waals surface area (Å²) in [6.07, 6.45) is 2.16. The zero-order valence-corrected chi connectivity index (χ0v) is 17.5. The molecule has 9 heteroatoms. The molecule has 0 saturated carbocycles. The maximum Gasteiger partial charge on any atom is 0.673 e. The molecule has 2 aromatic carbocycles. The van der Waals surface area contributed by atoms with Crippen LogP contribution in [-0.4, -0.2) is 27.3 Å². The van der Waals surface area contributed by atoms with E-state index in [1.54, 1.807) is 14.2 Å². The molecule has 4 nitrogen and oxygen atoms in total. The lowest BCUT2D eigenvalue weighted by molar-refractivity contribution is 0.0967. The molecule has 1 heterocycles. The second-order valence-electron chi connectivity index (χ2n) is 7.05. The summed E-state index contributed by atoms with van der Waals surface area (Å²) in [5.74, 6) is 3.24. The summed E-state index contributed by atoms with van der Waals surface area (Å²) in [6, 6.07) is 17.5. The van der Waals surface area contributed by atoms with Gasteiger partial charge < -0.3 is 26.7 Å². The highest BCUT2D eigenvalue weighted by Gasteiger charge is 2.33. The highest BCUT2D eigenvalue weighted by molar-refractivity contribution is 6.50. The average molecular weight is 448 g/mol. The largest absolute Gasteiger partial charge is 0.673 e. The molecule has 0 atom stereocenters. The van der Waals surface area contributed by atoms with Gasteiger partial charge in [0.2, 0.25) is 0 Å². The third-order valence-electron chi connectivity index (χ3n) is 4.92. The first-order valence-electron chi connectivity index (χ1n) is 9.89. The normalized spacial score (nSPS) is 13.0. The molecule has 0 radical (unpaired) electrons. The molecule has 0 aliphatic heterocycles. The number of hydrogen-bond acceptors (Lipinski definition) is 3. The Morgan fingerprint density at radius 2 is 1.31 bits per heavy atom. The van der Waals surface area contributed by atoms with Gasteiger partial charge in [-0.25, -0.2) is 4.42 Å². The quantitative estimate of drug-likeness (QED) is 0.252. The lowest BCUT2D eigenvalue weighted by atomic mass is 9.88. The first-order valence-corrected chi connectivity index (χ1v) is 9.89. The van der Waals surface area contributed by atoms with E-state index in [0.717, 1.165) is 52.6 Å². The number of benzene rings is 2. The molecule has 168 valence electrons. The van der Waals surface area contributed by atoms with Crippen LogP contribution in [0.25, 0.3) is 22.5 Å². The molecule has 0 fully saturated rings. The van der Waals surface area contributed by atoms with Crippen LogP contribution < -0.4 is 9.47 Å². The van der Waals surface area contributed by atoms with Crippen LogP contribution in [0.15, 0.2) is 59.0 Å². The van der Waals surface area contributed by atoms with Crippen molar-refractivity contribution in [1.29, 1.82) is 0 Å². The van der Waals surface area contributed by atoms with E-state index in [9.17, 15) is 22.1 Å². The number of rotatable bonds is 4. The van der Waals surface area contributed by atoms with Crippen LogP contribution in [0.2, 0.25) is 0 Å². The second-order valence-corrected chi connectivity index (χ2v) is 7.05. The van der Waals surface area contributed by atoms with Crippen molar-refractivity contribution >= 4 is 13.0 Å². The molecule has 0 saturated heterocycles. The smallest absolute Gasteiger partial charge is 0.497 e. The lowest BCUT2D eigenvalue weighted by Gasteiger charge is -2.13. The summed E-state index contributed by atoms with van der Waals surface area (Å²) in [6.45, 7) is 0. The van der Waals surface area contributed by atoms with E-state index < -0.39 is 7.25 Å². The van der Waals surface area contributed by atoms with Crippen LogP contribution in [0, 0.1) is 0 Å². The van der Waals surface area contributed by atoms with Crippen molar-refractivity contribution in [1.82, 2.24) is 0 Å². The highest BCUT2D eigenvalue weighted by atomic mass is 19.5. The molecule has 3 aromatic rings. The molecule has 0 bridgehead atoms. The zero-order valence-electron chi connectivity index (χ0n) is 17.5. The molecule has 1 aliphatic rings. The number of hydrogen-bond donors (Lipinski definition) is 0.